The molecule has 1 aromatic carbocycles. The summed E-state index contributed by atoms with van der Waals surface area (Å²) in [5.74, 6) is -0.243. The Balaban J connectivity index is 1.86. The Labute approximate surface area is 171 Å². The smallest absolute Gasteiger partial charge is 0.256 e. The van der Waals surface area contributed by atoms with Crippen molar-refractivity contribution >= 4 is 50.9 Å². The predicted molar refractivity (Wildman–Crippen MR) is 113 cm³/mol. The maximum atomic E-state index is 12.6. The van der Waals surface area contributed by atoms with Gasteiger partial charge in [-0.2, -0.15) is 0 Å². The van der Waals surface area contributed by atoms with Crippen LogP contribution in [0, 0.1) is 13.8 Å². The van der Waals surface area contributed by atoms with Gasteiger partial charge >= 0.3 is 0 Å². The van der Waals surface area contributed by atoms with Gasteiger partial charge in [0.25, 0.3) is 11.8 Å². The first-order chi connectivity index (χ1) is 13.3. The minimum absolute atomic E-state index is 0.110. The van der Waals surface area contributed by atoms with Crippen LogP contribution in [0.1, 0.15) is 52.6 Å². The third-order valence-electron chi connectivity index (χ3n) is 4.75. The van der Waals surface area contributed by atoms with Crippen molar-refractivity contribution in [3.63, 3.8) is 0 Å². The molecule has 28 heavy (non-hydrogen) atoms. The first kappa shape index (κ1) is 20.1. The van der Waals surface area contributed by atoms with Crippen molar-refractivity contribution in [3.8, 4) is 0 Å². The second kappa shape index (κ2) is 8.14. The standard InChI is InChI=1S/C21H22BrN3O3/c1-11(26)5-4-8-23-21(28)19-12(2)18(24-13(19)3)10-16-15-9-14(22)6-7-17(15)25-20(16)27/h6-7,9-10,24H,4-5,8H2,1-3H3,(H,23,28)(H,25,27)/b16-10-. The van der Waals surface area contributed by atoms with Crippen molar-refractivity contribution in [2.24, 2.45) is 0 Å². The van der Waals surface area contributed by atoms with Gasteiger partial charge in [-0.3, -0.25) is 9.59 Å². The van der Waals surface area contributed by atoms with E-state index in [-0.39, 0.29) is 17.6 Å². The van der Waals surface area contributed by atoms with Crippen LogP contribution in [-0.2, 0) is 9.59 Å². The lowest BCUT2D eigenvalue weighted by atomic mass is 10.0. The minimum Gasteiger partial charge on any atom is -0.358 e. The Morgan fingerprint density at radius 2 is 2.00 bits per heavy atom. The molecule has 0 radical (unpaired) electrons. The molecule has 0 fully saturated rings. The Morgan fingerprint density at radius 1 is 1.25 bits per heavy atom. The average molecular weight is 444 g/mol. The summed E-state index contributed by atoms with van der Waals surface area (Å²) in [4.78, 5) is 39.2. The Bertz CT molecular complexity index is 1000. The Hall–Kier alpha value is -2.67. The maximum absolute atomic E-state index is 12.6. The number of Topliss-reactive ketones (excluding diaryl/α,β-unsaturated/α-hetero) is 1. The highest BCUT2D eigenvalue weighted by atomic mass is 79.9. The number of aromatic nitrogens is 1. The molecule has 0 saturated heterocycles. The van der Waals surface area contributed by atoms with Gasteiger partial charge in [0.15, 0.2) is 0 Å². The molecule has 0 saturated carbocycles. The molecule has 3 rings (SSSR count). The molecular weight excluding hydrogens is 422 g/mol. The second-order valence-corrected chi connectivity index (χ2v) is 7.84. The fourth-order valence-electron chi connectivity index (χ4n) is 3.33. The van der Waals surface area contributed by atoms with Crippen LogP contribution in [0.5, 0.6) is 0 Å². The molecule has 0 spiro atoms. The number of aromatic amines is 1. The van der Waals surface area contributed by atoms with E-state index in [2.05, 4.69) is 31.5 Å². The number of carbonyl (C=O) groups excluding carboxylic acids is 3. The molecule has 3 N–H and O–H groups in total. The fourth-order valence-corrected chi connectivity index (χ4v) is 3.70. The summed E-state index contributed by atoms with van der Waals surface area (Å²) in [6, 6.07) is 5.62. The summed E-state index contributed by atoms with van der Waals surface area (Å²) in [6.45, 7) is 5.68. The number of amides is 2. The van der Waals surface area contributed by atoms with Gasteiger partial charge in [0.1, 0.15) is 5.78 Å². The van der Waals surface area contributed by atoms with Crippen LogP contribution in [0.2, 0.25) is 0 Å². The monoisotopic (exact) mass is 443 g/mol. The second-order valence-electron chi connectivity index (χ2n) is 6.93. The van der Waals surface area contributed by atoms with Gasteiger partial charge in [-0.05, 0) is 57.0 Å². The van der Waals surface area contributed by atoms with E-state index in [1.807, 2.05) is 32.0 Å². The quantitative estimate of drug-likeness (QED) is 0.465. The molecule has 2 aromatic rings. The minimum atomic E-state index is -0.182. The van der Waals surface area contributed by atoms with Crippen molar-refractivity contribution in [1.82, 2.24) is 10.3 Å². The summed E-state index contributed by atoms with van der Waals surface area (Å²) in [6.07, 6.45) is 2.85. The molecule has 0 bridgehead atoms. The summed E-state index contributed by atoms with van der Waals surface area (Å²) in [5.41, 5.74) is 4.96. The lowest BCUT2D eigenvalue weighted by Gasteiger charge is -2.05. The van der Waals surface area contributed by atoms with E-state index in [0.717, 1.165) is 32.7 Å². The first-order valence-corrected chi connectivity index (χ1v) is 9.87. The summed E-state index contributed by atoms with van der Waals surface area (Å²) in [7, 11) is 0. The van der Waals surface area contributed by atoms with Crippen LogP contribution in [0.25, 0.3) is 11.6 Å². The zero-order valence-electron chi connectivity index (χ0n) is 16.0. The molecule has 146 valence electrons. The molecule has 1 aliphatic rings. The fraction of sp³-hybridized carbons (Fsp3) is 0.286. The molecule has 2 amide bonds. The third-order valence-corrected chi connectivity index (χ3v) is 5.24. The van der Waals surface area contributed by atoms with Crippen molar-refractivity contribution < 1.29 is 14.4 Å². The third kappa shape index (κ3) is 4.09. The number of carbonyl (C=O) groups is 3. The van der Waals surface area contributed by atoms with Crippen LogP contribution in [0.15, 0.2) is 22.7 Å². The zero-order valence-corrected chi connectivity index (χ0v) is 17.6. The number of ketones is 1. The summed E-state index contributed by atoms with van der Waals surface area (Å²) in [5, 5.41) is 5.71. The predicted octanol–water partition coefficient (Wildman–Crippen LogP) is 3.99. The molecule has 7 heteroatoms. The SMILES string of the molecule is CC(=O)CCCNC(=O)c1c(C)[nH]c(/C=C2\C(=O)Nc3ccc(Br)cc32)c1C. The number of fused-ring (bicyclic) bond motifs is 1. The van der Waals surface area contributed by atoms with Crippen molar-refractivity contribution in [2.45, 2.75) is 33.6 Å². The van der Waals surface area contributed by atoms with Crippen LogP contribution < -0.4 is 10.6 Å². The molecule has 1 aliphatic heterocycles. The number of nitrogens with one attached hydrogen (secondary N) is 3. The Kier molecular flexibility index (Phi) is 5.84. The van der Waals surface area contributed by atoms with E-state index < -0.39 is 0 Å². The van der Waals surface area contributed by atoms with E-state index in [0.29, 0.717) is 30.5 Å². The molecule has 2 heterocycles. The zero-order chi connectivity index (χ0) is 20.4. The number of H-pyrrole nitrogens is 1. The van der Waals surface area contributed by atoms with Gasteiger partial charge in [0.2, 0.25) is 0 Å². The van der Waals surface area contributed by atoms with Crippen molar-refractivity contribution in [3.05, 3.63) is 50.8 Å². The molecule has 6 nitrogen and oxygen atoms in total. The molecular formula is C21H22BrN3O3. The van der Waals surface area contributed by atoms with Crippen molar-refractivity contribution in [2.75, 3.05) is 11.9 Å². The van der Waals surface area contributed by atoms with Crippen molar-refractivity contribution in [1.29, 1.82) is 0 Å². The number of aryl methyl sites for hydroxylation is 1. The van der Waals surface area contributed by atoms with Gasteiger partial charge in [-0.25, -0.2) is 0 Å². The molecule has 0 atom stereocenters. The van der Waals surface area contributed by atoms with E-state index >= 15 is 0 Å². The highest BCUT2D eigenvalue weighted by Crippen LogP contribution is 2.35. The van der Waals surface area contributed by atoms with Crippen LogP contribution in [0.4, 0.5) is 5.69 Å². The topological polar surface area (TPSA) is 91.1 Å². The number of halogens is 1. The van der Waals surface area contributed by atoms with Gasteiger partial charge in [-0.15, -0.1) is 0 Å². The van der Waals surface area contributed by atoms with E-state index in [4.69, 9.17) is 0 Å². The summed E-state index contributed by atoms with van der Waals surface area (Å²) < 4.78 is 0.888. The highest BCUT2D eigenvalue weighted by molar-refractivity contribution is 9.10. The molecule has 0 aliphatic carbocycles. The number of benzene rings is 1. The average Bonchev–Trinajstić information content (AvgIpc) is 3.08. The lowest BCUT2D eigenvalue weighted by molar-refractivity contribution is -0.117. The normalized spacial score (nSPS) is 14.1. The number of rotatable bonds is 6. The van der Waals surface area contributed by atoms with Crippen LogP contribution in [0.3, 0.4) is 0 Å². The van der Waals surface area contributed by atoms with Crippen LogP contribution >= 0.6 is 15.9 Å². The molecule has 1 aromatic heterocycles. The highest BCUT2D eigenvalue weighted by Gasteiger charge is 2.25. The van der Waals surface area contributed by atoms with Gasteiger partial charge in [0, 0.05) is 40.1 Å². The Morgan fingerprint density at radius 3 is 2.71 bits per heavy atom. The van der Waals surface area contributed by atoms with Gasteiger partial charge in [-0.1, -0.05) is 15.9 Å². The van der Waals surface area contributed by atoms with E-state index in [9.17, 15) is 14.4 Å². The van der Waals surface area contributed by atoms with Gasteiger partial charge < -0.3 is 20.4 Å². The number of hydrogen-bond donors (Lipinski definition) is 3. The largest absolute Gasteiger partial charge is 0.358 e. The summed E-state index contributed by atoms with van der Waals surface area (Å²) >= 11 is 3.44. The van der Waals surface area contributed by atoms with Crippen LogP contribution in [-0.4, -0.2) is 29.1 Å². The van der Waals surface area contributed by atoms with Gasteiger partial charge in [0.05, 0.1) is 11.1 Å². The maximum Gasteiger partial charge on any atom is 0.256 e. The van der Waals surface area contributed by atoms with E-state index in [1.165, 1.54) is 6.92 Å². The number of hydrogen-bond acceptors (Lipinski definition) is 3. The number of anilines is 1. The molecule has 0 unspecified atom stereocenters. The first-order valence-electron chi connectivity index (χ1n) is 9.07. The van der Waals surface area contributed by atoms with E-state index in [1.54, 1.807) is 6.08 Å². The lowest BCUT2D eigenvalue weighted by Crippen LogP contribution is -2.25.